The van der Waals surface area contributed by atoms with Crippen molar-refractivity contribution in [2.75, 3.05) is 0 Å². The van der Waals surface area contributed by atoms with Gasteiger partial charge in [0.25, 0.3) is 0 Å². The maximum atomic E-state index is 13.8. The van der Waals surface area contributed by atoms with E-state index >= 15 is 0 Å². The molecule has 0 aromatic rings. The molecule has 0 aromatic carbocycles. The van der Waals surface area contributed by atoms with E-state index in [1.165, 1.54) is 5.57 Å². The van der Waals surface area contributed by atoms with Crippen LogP contribution in [-0.4, -0.2) is 55.7 Å². The summed E-state index contributed by atoms with van der Waals surface area (Å²) in [5.41, 5.74) is -0.357. The van der Waals surface area contributed by atoms with Gasteiger partial charge in [-0.1, -0.05) is 33.8 Å². The fourth-order valence-corrected chi connectivity index (χ4v) is 8.60. The van der Waals surface area contributed by atoms with Crippen molar-refractivity contribution in [2.24, 2.45) is 11.3 Å². The molecule has 0 radical (unpaired) electrons. The zero-order valence-electron chi connectivity index (χ0n) is 22.1. The van der Waals surface area contributed by atoms with Gasteiger partial charge in [-0.25, -0.2) is 4.79 Å². The third kappa shape index (κ3) is 3.20. The number of urea groups is 1. The molecule has 0 unspecified atom stereocenters. The van der Waals surface area contributed by atoms with E-state index in [1.54, 1.807) is 0 Å². The minimum atomic E-state index is -2.04. The van der Waals surface area contributed by atoms with E-state index in [2.05, 4.69) is 62.8 Å². The Balaban J connectivity index is 1.61. The highest BCUT2D eigenvalue weighted by atomic mass is 28.4. The molecule has 6 rings (SSSR count). The number of hydrogen-bond donors (Lipinski definition) is 3. The van der Waals surface area contributed by atoms with Gasteiger partial charge in [-0.05, 0) is 69.7 Å². The first-order valence-electron chi connectivity index (χ1n) is 13.1. The van der Waals surface area contributed by atoms with Crippen LogP contribution >= 0.6 is 0 Å². The predicted molar refractivity (Wildman–Crippen MR) is 134 cm³/mol. The van der Waals surface area contributed by atoms with Gasteiger partial charge in [-0.2, -0.15) is 0 Å². The molecule has 3 aliphatic heterocycles. The van der Waals surface area contributed by atoms with Gasteiger partial charge < -0.3 is 25.1 Å². The first-order chi connectivity index (χ1) is 15.7. The molecule has 1 spiro atoms. The van der Waals surface area contributed by atoms with Crippen LogP contribution in [-0.2, 0) is 14.0 Å². The molecule has 4 fully saturated rings. The number of nitrogens with one attached hydrogen (secondary N) is 3. The van der Waals surface area contributed by atoms with Gasteiger partial charge in [0.2, 0.25) is 5.91 Å². The Hall–Kier alpha value is -1.38. The maximum Gasteiger partial charge on any atom is 0.315 e. The maximum absolute atomic E-state index is 13.8. The number of ether oxygens (including phenoxy) is 1. The lowest BCUT2D eigenvalue weighted by molar-refractivity contribution is -0.133. The van der Waals surface area contributed by atoms with Gasteiger partial charge in [0.05, 0.1) is 23.1 Å². The second-order valence-electron chi connectivity index (χ2n) is 13.4. The molecule has 3 heterocycles. The second-order valence-corrected chi connectivity index (χ2v) is 18.2. The normalized spacial score (nSPS) is 44.3. The molecule has 8 heteroatoms. The van der Waals surface area contributed by atoms with Crippen LogP contribution in [0.15, 0.2) is 11.6 Å². The van der Waals surface area contributed by atoms with Crippen LogP contribution in [0.25, 0.3) is 0 Å². The Morgan fingerprint density at radius 1 is 1.29 bits per heavy atom. The molecule has 3 amide bonds. The number of carbonyl (C=O) groups is 2. The molecule has 2 bridgehead atoms. The summed E-state index contributed by atoms with van der Waals surface area (Å²) in [4.78, 5) is 26.8. The summed E-state index contributed by atoms with van der Waals surface area (Å²) in [7, 11) is -2.04. The van der Waals surface area contributed by atoms with Gasteiger partial charge in [0, 0.05) is 11.5 Å². The quantitative estimate of drug-likeness (QED) is 0.316. The molecule has 7 atom stereocenters. The van der Waals surface area contributed by atoms with Crippen molar-refractivity contribution in [3.8, 4) is 0 Å². The molecule has 7 nitrogen and oxygen atoms in total. The summed E-state index contributed by atoms with van der Waals surface area (Å²) in [5, 5.41) is 9.86. The molecule has 2 saturated carbocycles. The van der Waals surface area contributed by atoms with Crippen LogP contribution < -0.4 is 16.0 Å². The van der Waals surface area contributed by atoms with Crippen LogP contribution in [0.3, 0.4) is 0 Å². The number of piperidine rings is 1. The third-order valence-electron chi connectivity index (χ3n) is 9.99. The van der Waals surface area contributed by atoms with Crippen LogP contribution in [0.4, 0.5) is 4.79 Å². The number of amides is 3. The molecular formula is C26H43N3O4Si. The largest absolute Gasteiger partial charge is 0.413 e. The fourth-order valence-electron chi connectivity index (χ4n) is 7.17. The van der Waals surface area contributed by atoms with Crippen molar-refractivity contribution in [3.63, 3.8) is 0 Å². The first-order valence-corrected chi connectivity index (χ1v) is 16.0. The molecule has 34 heavy (non-hydrogen) atoms. The molecule has 3 aliphatic carbocycles. The van der Waals surface area contributed by atoms with E-state index in [4.69, 9.17) is 9.16 Å². The van der Waals surface area contributed by atoms with Gasteiger partial charge in [-0.15, -0.1) is 0 Å². The summed E-state index contributed by atoms with van der Waals surface area (Å²) in [5.74, 6) is -0.366. The van der Waals surface area contributed by atoms with Crippen molar-refractivity contribution in [1.82, 2.24) is 16.0 Å². The topological polar surface area (TPSA) is 92.0 Å². The number of rotatable bonds is 4. The summed E-state index contributed by atoms with van der Waals surface area (Å²) in [6.45, 7) is 17.6. The number of epoxide rings is 1. The lowest BCUT2D eigenvalue weighted by Gasteiger charge is -2.54. The summed E-state index contributed by atoms with van der Waals surface area (Å²) in [6, 6.07) is -0.192. The molecule has 0 aromatic heterocycles. The van der Waals surface area contributed by atoms with Crippen molar-refractivity contribution >= 4 is 20.3 Å². The average molecular weight is 490 g/mol. The highest BCUT2D eigenvalue weighted by molar-refractivity contribution is 6.74. The van der Waals surface area contributed by atoms with E-state index in [9.17, 15) is 9.59 Å². The van der Waals surface area contributed by atoms with E-state index in [0.29, 0.717) is 0 Å². The number of carbonyl (C=O) groups excluding carboxylic acids is 2. The summed E-state index contributed by atoms with van der Waals surface area (Å²) < 4.78 is 13.5. The Labute approximate surface area is 205 Å². The van der Waals surface area contributed by atoms with Gasteiger partial charge >= 0.3 is 6.03 Å². The van der Waals surface area contributed by atoms with E-state index in [1.807, 2.05) is 13.8 Å². The standard InChI is InChI=1S/C26H43N3O4Si/c1-15(2)27-22(31)29-25-12-9-10-16(25)14-24(6)17(33-34(7,8)23(3,4)5)11-13-26(24)20-19(32-20)18(25)21(30)28-26/h14-15,17-20H,9-13H2,1-8H3,(H,28,30)(H2,27,29,31)/b16-14-/t17-,18+,19+,20+,24-,25+,26-/m1/s1. The van der Waals surface area contributed by atoms with E-state index in [-0.39, 0.29) is 47.2 Å². The minimum Gasteiger partial charge on any atom is -0.413 e. The third-order valence-corrected chi connectivity index (χ3v) is 14.5. The zero-order valence-corrected chi connectivity index (χ0v) is 23.1. The van der Waals surface area contributed by atoms with Gasteiger partial charge in [0.15, 0.2) is 8.32 Å². The van der Waals surface area contributed by atoms with Crippen LogP contribution in [0.1, 0.15) is 73.6 Å². The van der Waals surface area contributed by atoms with Gasteiger partial charge in [-0.3, -0.25) is 4.79 Å². The van der Waals surface area contributed by atoms with E-state index < -0.39 is 24.8 Å². The van der Waals surface area contributed by atoms with Crippen molar-refractivity contribution in [2.45, 2.75) is 127 Å². The fraction of sp³-hybridized carbons (Fsp3) is 0.846. The smallest absolute Gasteiger partial charge is 0.315 e. The molecule has 2 saturated heterocycles. The monoisotopic (exact) mass is 489 g/mol. The van der Waals surface area contributed by atoms with E-state index in [0.717, 1.165) is 32.1 Å². The Kier molecular flexibility index (Phi) is 5.24. The lowest BCUT2D eigenvalue weighted by Crippen LogP contribution is -2.73. The predicted octanol–water partition coefficient (Wildman–Crippen LogP) is 4.00. The highest BCUT2D eigenvalue weighted by Crippen LogP contribution is 2.64. The van der Waals surface area contributed by atoms with Crippen molar-refractivity contribution in [3.05, 3.63) is 11.6 Å². The summed E-state index contributed by atoms with van der Waals surface area (Å²) in [6.07, 6.45) is 6.59. The highest BCUT2D eigenvalue weighted by Gasteiger charge is 2.77. The van der Waals surface area contributed by atoms with Crippen LogP contribution in [0, 0.1) is 11.3 Å². The zero-order chi connectivity index (χ0) is 24.9. The Bertz CT molecular complexity index is 943. The molecular weight excluding hydrogens is 446 g/mol. The number of hydrogen-bond acceptors (Lipinski definition) is 4. The SMILES string of the molecule is CC(C)NC(=O)N[C@@]12CCC/C1=C/[C@]1(C)[C@H](O[Si](C)(C)C(C)(C)C)CC[C@]13NC(=O)[C@@H]2[C@@H]1O[C@@H]13. The lowest BCUT2D eigenvalue weighted by atomic mass is 9.59. The average Bonchev–Trinajstić information content (AvgIpc) is 3.32. The molecule has 6 aliphatic rings. The molecule has 190 valence electrons. The number of fused-ring (bicyclic) bond motifs is 1. The summed E-state index contributed by atoms with van der Waals surface area (Å²) >= 11 is 0. The minimum absolute atomic E-state index is 0.00322. The van der Waals surface area contributed by atoms with Crippen LogP contribution in [0.5, 0.6) is 0 Å². The van der Waals surface area contributed by atoms with Crippen molar-refractivity contribution < 1.29 is 18.8 Å². The Morgan fingerprint density at radius 2 is 2.00 bits per heavy atom. The first kappa shape index (κ1) is 24.3. The second kappa shape index (κ2) is 7.32. The van der Waals surface area contributed by atoms with Crippen molar-refractivity contribution in [1.29, 1.82) is 0 Å². The Morgan fingerprint density at radius 3 is 2.65 bits per heavy atom. The van der Waals surface area contributed by atoms with Crippen LogP contribution in [0.2, 0.25) is 18.1 Å². The molecule has 3 N–H and O–H groups in total. The van der Waals surface area contributed by atoms with Gasteiger partial charge in [0.1, 0.15) is 12.2 Å².